The Balaban J connectivity index is 1.35. The molecule has 3 N–H and O–H groups in total. The minimum absolute atomic E-state index is 0.00460. The molecule has 2 bridgehead atoms. The molecule has 5 nitrogen and oxygen atoms in total. The van der Waals surface area contributed by atoms with Gasteiger partial charge < -0.3 is 16.0 Å². The fraction of sp³-hybridized carbons (Fsp3) is 0.368. The molecular weight excluding hydrogens is 366 g/mol. The maximum Gasteiger partial charge on any atom is 0.251 e. The van der Waals surface area contributed by atoms with Crippen LogP contribution in [0.3, 0.4) is 0 Å². The number of carbonyl (C=O) groups is 2. The Bertz CT molecular complexity index is 818. The Morgan fingerprint density at radius 3 is 2.62 bits per heavy atom. The van der Waals surface area contributed by atoms with Crippen molar-refractivity contribution in [1.29, 1.82) is 0 Å². The number of rotatable bonds is 5. The Morgan fingerprint density at radius 1 is 1.15 bits per heavy atom. The molecule has 1 aromatic carbocycles. The number of nitrogens with one attached hydrogen (secondary N) is 3. The summed E-state index contributed by atoms with van der Waals surface area (Å²) in [6, 6.07) is 12.9. The van der Waals surface area contributed by atoms with E-state index in [1.54, 1.807) is 11.8 Å². The van der Waals surface area contributed by atoms with Crippen LogP contribution in [0.4, 0.5) is 5.00 Å². The predicted molar refractivity (Wildman–Crippen MR) is 105 cm³/mol. The van der Waals surface area contributed by atoms with Crippen molar-refractivity contribution in [3.05, 3.63) is 42.0 Å². The molecule has 2 saturated heterocycles. The van der Waals surface area contributed by atoms with Crippen LogP contribution in [0.2, 0.25) is 0 Å². The highest BCUT2D eigenvalue weighted by Crippen LogP contribution is 2.35. The van der Waals surface area contributed by atoms with Crippen LogP contribution in [0.1, 0.15) is 36.5 Å². The first kappa shape index (κ1) is 17.6. The Morgan fingerprint density at radius 2 is 1.96 bits per heavy atom. The fourth-order valence-corrected chi connectivity index (χ4v) is 5.69. The van der Waals surface area contributed by atoms with Crippen LogP contribution in [0.25, 0.3) is 0 Å². The zero-order valence-corrected chi connectivity index (χ0v) is 16.1. The van der Waals surface area contributed by atoms with Gasteiger partial charge in [0.05, 0.1) is 9.21 Å². The smallest absolute Gasteiger partial charge is 0.251 e. The maximum atomic E-state index is 12.5. The lowest BCUT2D eigenvalue weighted by molar-refractivity contribution is -0.114. The van der Waals surface area contributed by atoms with E-state index in [1.807, 2.05) is 36.4 Å². The number of anilines is 1. The number of thiophene rings is 1. The molecule has 0 spiro atoms. The molecule has 3 atom stereocenters. The minimum Gasteiger partial charge on any atom is -0.348 e. The summed E-state index contributed by atoms with van der Waals surface area (Å²) in [5, 5.41) is 10.3. The van der Waals surface area contributed by atoms with Gasteiger partial charge in [-0.1, -0.05) is 11.8 Å². The summed E-state index contributed by atoms with van der Waals surface area (Å²) in [5.41, 5.74) is 0.697. The number of hydrogen-bond acceptors (Lipinski definition) is 5. The van der Waals surface area contributed by atoms with Gasteiger partial charge in [0.25, 0.3) is 5.91 Å². The molecule has 2 aliphatic rings. The topological polar surface area (TPSA) is 70.2 Å². The van der Waals surface area contributed by atoms with E-state index in [1.165, 1.54) is 24.7 Å². The third kappa shape index (κ3) is 3.95. The Kier molecular flexibility index (Phi) is 5.02. The van der Waals surface area contributed by atoms with Gasteiger partial charge in [0.2, 0.25) is 5.91 Å². The largest absolute Gasteiger partial charge is 0.348 e. The van der Waals surface area contributed by atoms with Crippen LogP contribution in [0.5, 0.6) is 0 Å². The second-order valence-electron chi connectivity index (χ2n) is 6.79. The molecule has 7 heteroatoms. The quantitative estimate of drug-likeness (QED) is 0.735. The summed E-state index contributed by atoms with van der Waals surface area (Å²) in [4.78, 5) is 24.6. The molecule has 26 heavy (non-hydrogen) atoms. The summed E-state index contributed by atoms with van der Waals surface area (Å²) in [7, 11) is 0. The standard InChI is InChI=1S/C19H21N3O2S2/c1-11(23)20-17-8-9-18(26-17)25-14-5-2-12(3-6-14)19(24)22-16-10-13-4-7-15(16)21-13/h2-3,5-6,8-9,13,15-16,21H,4,7,10H2,1H3,(H,20,23)(H,22,24). The first-order valence-corrected chi connectivity index (χ1v) is 10.4. The van der Waals surface area contributed by atoms with Crippen LogP contribution in [0.15, 0.2) is 45.5 Å². The molecule has 136 valence electrons. The van der Waals surface area contributed by atoms with Crippen molar-refractivity contribution >= 4 is 39.9 Å². The molecule has 1 aromatic heterocycles. The second-order valence-corrected chi connectivity index (χ2v) is 9.25. The van der Waals surface area contributed by atoms with E-state index in [0.29, 0.717) is 17.6 Å². The van der Waals surface area contributed by atoms with Crippen molar-refractivity contribution in [3.8, 4) is 0 Å². The highest BCUT2D eigenvalue weighted by molar-refractivity contribution is 8.01. The minimum atomic E-state index is -0.0653. The van der Waals surface area contributed by atoms with Gasteiger partial charge >= 0.3 is 0 Å². The molecule has 2 aromatic rings. The van der Waals surface area contributed by atoms with Crippen LogP contribution in [0, 0.1) is 0 Å². The summed E-state index contributed by atoms with van der Waals surface area (Å²) >= 11 is 3.16. The number of hydrogen-bond donors (Lipinski definition) is 3. The molecule has 4 rings (SSSR count). The SMILES string of the molecule is CC(=O)Nc1ccc(Sc2ccc(C(=O)NC3CC4CCC3N4)cc2)s1. The van der Waals surface area contributed by atoms with Crippen molar-refractivity contribution in [2.24, 2.45) is 0 Å². The normalized spacial score (nSPS) is 23.8. The summed E-state index contributed by atoms with van der Waals surface area (Å²) in [6.45, 7) is 1.50. The molecule has 2 amide bonds. The highest BCUT2D eigenvalue weighted by atomic mass is 32.2. The molecule has 2 aliphatic heterocycles. The van der Waals surface area contributed by atoms with Gasteiger partial charge in [0, 0.05) is 35.5 Å². The Labute approximate surface area is 160 Å². The van der Waals surface area contributed by atoms with E-state index < -0.39 is 0 Å². The van der Waals surface area contributed by atoms with E-state index in [9.17, 15) is 9.59 Å². The van der Waals surface area contributed by atoms with E-state index >= 15 is 0 Å². The van der Waals surface area contributed by atoms with Gasteiger partial charge in [-0.2, -0.15) is 0 Å². The average Bonchev–Trinajstić information content (AvgIpc) is 3.32. The average molecular weight is 388 g/mol. The van der Waals surface area contributed by atoms with Crippen molar-refractivity contribution < 1.29 is 9.59 Å². The van der Waals surface area contributed by atoms with Gasteiger partial charge in [-0.05, 0) is 55.7 Å². The van der Waals surface area contributed by atoms with Gasteiger partial charge in [-0.15, -0.1) is 11.3 Å². The molecule has 0 aliphatic carbocycles. The third-order valence-electron chi connectivity index (χ3n) is 4.83. The first-order chi connectivity index (χ1) is 12.6. The van der Waals surface area contributed by atoms with E-state index in [2.05, 4.69) is 16.0 Å². The molecule has 3 unspecified atom stereocenters. The zero-order chi connectivity index (χ0) is 18.1. The lowest BCUT2D eigenvalue weighted by atomic mass is 9.95. The van der Waals surface area contributed by atoms with E-state index in [-0.39, 0.29) is 17.9 Å². The van der Waals surface area contributed by atoms with Gasteiger partial charge in [0.15, 0.2) is 0 Å². The van der Waals surface area contributed by atoms with Crippen LogP contribution in [-0.4, -0.2) is 29.9 Å². The predicted octanol–water partition coefficient (Wildman–Crippen LogP) is 3.48. The maximum absolute atomic E-state index is 12.5. The third-order valence-corrected chi connectivity index (χ3v) is 6.97. The molecule has 2 fully saturated rings. The lowest BCUT2D eigenvalue weighted by Crippen LogP contribution is -2.42. The fourth-order valence-electron chi connectivity index (χ4n) is 3.64. The molecular formula is C19H21N3O2S2. The Hall–Kier alpha value is -1.83. The van der Waals surface area contributed by atoms with Crippen molar-refractivity contribution in [3.63, 3.8) is 0 Å². The summed E-state index contributed by atoms with van der Waals surface area (Å²) < 4.78 is 1.10. The van der Waals surface area contributed by atoms with Crippen LogP contribution < -0.4 is 16.0 Å². The second kappa shape index (κ2) is 7.42. The summed E-state index contributed by atoms with van der Waals surface area (Å²) in [6.07, 6.45) is 3.43. The lowest BCUT2D eigenvalue weighted by Gasteiger charge is -2.21. The first-order valence-electron chi connectivity index (χ1n) is 8.79. The monoisotopic (exact) mass is 387 g/mol. The van der Waals surface area contributed by atoms with Gasteiger partial charge in [0.1, 0.15) is 0 Å². The zero-order valence-electron chi connectivity index (χ0n) is 14.5. The molecule has 0 saturated carbocycles. The van der Waals surface area contributed by atoms with E-state index in [0.717, 1.165) is 26.9 Å². The van der Waals surface area contributed by atoms with Crippen LogP contribution in [-0.2, 0) is 4.79 Å². The van der Waals surface area contributed by atoms with Gasteiger partial charge in [-0.25, -0.2) is 0 Å². The molecule has 0 radical (unpaired) electrons. The van der Waals surface area contributed by atoms with Crippen molar-refractivity contribution in [2.75, 3.05) is 5.32 Å². The number of benzene rings is 1. The van der Waals surface area contributed by atoms with Gasteiger partial charge in [-0.3, -0.25) is 9.59 Å². The molecule has 3 heterocycles. The highest BCUT2D eigenvalue weighted by Gasteiger charge is 2.39. The van der Waals surface area contributed by atoms with E-state index in [4.69, 9.17) is 0 Å². The van der Waals surface area contributed by atoms with Crippen molar-refractivity contribution in [1.82, 2.24) is 10.6 Å². The van der Waals surface area contributed by atoms with Crippen molar-refractivity contribution in [2.45, 2.75) is 53.4 Å². The number of carbonyl (C=O) groups excluding carboxylic acids is 2. The number of fused-ring (bicyclic) bond motifs is 2. The van der Waals surface area contributed by atoms with Crippen LogP contribution >= 0.6 is 23.1 Å². The number of amides is 2. The summed E-state index contributed by atoms with van der Waals surface area (Å²) in [5.74, 6) is -0.0607.